The van der Waals surface area contributed by atoms with Crippen LogP contribution in [0.5, 0.6) is 0 Å². The van der Waals surface area contributed by atoms with Crippen molar-refractivity contribution in [3.05, 3.63) is 71.3 Å². The zero-order valence-electron chi connectivity index (χ0n) is 14.8. The lowest BCUT2D eigenvalue weighted by molar-refractivity contribution is -0.125. The molecule has 0 heterocycles. The van der Waals surface area contributed by atoms with Crippen molar-refractivity contribution in [1.29, 1.82) is 0 Å². The molecule has 0 radical (unpaired) electrons. The van der Waals surface area contributed by atoms with E-state index in [1.165, 1.54) is 0 Å². The molecule has 26 heavy (non-hydrogen) atoms. The molecule has 2 N–H and O–H groups in total. The third-order valence-electron chi connectivity index (χ3n) is 3.52. The van der Waals surface area contributed by atoms with Crippen LogP contribution in [0.4, 0.5) is 0 Å². The van der Waals surface area contributed by atoms with Crippen LogP contribution in [0.15, 0.2) is 54.6 Å². The van der Waals surface area contributed by atoms with Gasteiger partial charge >= 0.3 is 5.97 Å². The fourth-order valence-corrected chi connectivity index (χ4v) is 2.29. The highest BCUT2D eigenvalue weighted by Gasteiger charge is 2.11. The standard InChI is InChI=1S/C20H22N2O4/c1-14(2)12-15-8-10-17(11-9-15)20(25)26-13-18(23)21-22-19(24)16-6-4-3-5-7-16/h3-11,14H,12-13H2,1-2H3,(H,21,23)(H,22,24). The molecule has 0 aromatic heterocycles. The second-order valence-electron chi connectivity index (χ2n) is 6.24. The number of amides is 2. The Morgan fingerprint density at radius 1 is 0.885 bits per heavy atom. The first-order chi connectivity index (χ1) is 12.5. The summed E-state index contributed by atoms with van der Waals surface area (Å²) in [7, 11) is 0. The lowest BCUT2D eigenvalue weighted by atomic mass is 10.0. The van der Waals surface area contributed by atoms with Crippen molar-refractivity contribution in [1.82, 2.24) is 10.9 Å². The minimum atomic E-state index is -0.626. The third-order valence-corrected chi connectivity index (χ3v) is 3.52. The maximum Gasteiger partial charge on any atom is 0.338 e. The molecule has 2 aromatic carbocycles. The van der Waals surface area contributed by atoms with Crippen molar-refractivity contribution >= 4 is 17.8 Å². The lowest BCUT2D eigenvalue weighted by Gasteiger charge is -2.09. The zero-order valence-corrected chi connectivity index (χ0v) is 14.8. The minimum absolute atomic E-state index is 0.374. The first-order valence-corrected chi connectivity index (χ1v) is 8.36. The Morgan fingerprint density at radius 3 is 2.15 bits per heavy atom. The Kier molecular flexibility index (Phi) is 6.91. The number of esters is 1. The van der Waals surface area contributed by atoms with Crippen LogP contribution in [0.25, 0.3) is 0 Å². The Bertz CT molecular complexity index is 755. The number of benzene rings is 2. The van der Waals surface area contributed by atoms with Crippen molar-refractivity contribution in [3.63, 3.8) is 0 Å². The molecule has 0 saturated carbocycles. The van der Waals surface area contributed by atoms with Crippen molar-refractivity contribution in [2.45, 2.75) is 20.3 Å². The van der Waals surface area contributed by atoms with Gasteiger partial charge in [-0.05, 0) is 42.2 Å². The van der Waals surface area contributed by atoms with Gasteiger partial charge in [-0.25, -0.2) is 4.79 Å². The molecule has 2 aromatic rings. The third kappa shape index (κ3) is 6.05. The van der Waals surface area contributed by atoms with Crippen LogP contribution in [0, 0.1) is 5.92 Å². The van der Waals surface area contributed by atoms with Crippen LogP contribution in [0.1, 0.15) is 40.1 Å². The zero-order chi connectivity index (χ0) is 18.9. The summed E-state index contributed by atoms with van der Waals surface area (Å²) >= 11 is 0. The maximum absolute atomic E-state index is 12.0. The predicted molar refractivity (Wildman–Crippen MR) is 97.3 cm³/mol. The molecule has 6 nitrogen and oxygen atoms in total. The molecule has 0 aliphatic carbocycles. The molecule has 0 atom stereocenters. The smallest absolute Gasteiger partial charge is 0.338 e. The van der Waals surface area contributed by atoms with Gasteiger partial charge in [0.25, 0.3) is 11.8 Å². The fourth-order valence-electron chi connectivity index (χ4n) is 2.29. The van der Waals surface area contributed by atoms with E-state index >= 15 is 0 Å². The second kappa shape index (κ2) is 9.36. The SMILES string of the molecule is CC(C)Cc1ccc(C(=O)OCC(=O)NNC(=O)c2ccccc2)cc1. The van der Waals surface area contributed by atoms with E-state index in [9.17, 15) is 14.4 Å². The topological polar surface area (TPSA) is 84.5 Å². The van der Waals surface area contributed by atoms with E-state index in [2.05, 4.69) is 24.7 Å². The summed E-state index contributed by atoms with van der Waals surface area (Å²) in [4.78, 5) is 35.4. The Morgan fingerprint density at radius 2 is 1.54 bits per heavy atom. The molecule has 0 aliphatic heterocycles. The summed E-state index contributed by atoms with van der Waals surface area (Å²) in [6, 6.07) is 15.5. The van der Waals surface area contributed by atoms with Crippen molar-refractivity contribution in [2.24, 2.45) is 5.92 Å². The molecular formula is C20H22N2O4. The highest BCUT2D eigenvalue weighted by atomic mass is 16.5. The quantitative estimate of drug-likeness (QED) is 0.617. The van der Waals surface area contributed by atoms with Gasteiger partial charge in [0, 0.05) is 5.56 Å². The molecule has 0 bridgehead atoms. The van der Waals surface area contributed by atoms with Crippen LogP contribution >= 0.6 is 0 Å². The lowest BCUT2D eigenvalue weighted by Crippen LogP contribution is -2.43. The summed E-state index contributed by atoms with van der Waals surface area (Å²) in [5.41, 5.74) is 6.38. The van der Waals surface area contributed by atoms with E-state index in [1.807, 2.05) is 12.1 Å². The van der Waals surface area contributed by atoms with E-state index in [0.717, 1.165) is 12.0 Å². The van der Waals surface area contributed by atoms with Gasteiger partial charge in [0.05, 0.1) is 5.56 Å². The number of rotatable bonds is 6. The molecule has 0 unspecified atom stereocenters. The minimum Gasteiger partial charge on any atom is -0.452 e. The van der Waals surface area contributed by atoms with Crippen LogP contribution in [0.3, 0.4) is 0 Å². The predicted octanol–water partition coefficient (Wildman–Crippen LogP) is 2.50. The normalized spacial score (nSPS) is 10.3. The van der Waals surface area contributed by atoms with E-state index in [-0.39, 0.29) is 0 Å². The number of carbonyl (C=O) groups excluding carboxylic acids is 3. The van der Waals surface area contributed by atoms with Gasteiger partial charge in [-0.15, -0.1) is 0 Å². The molecule has 0 aliphatic rings. The van der Waals surface area contributed by atoms with Gasteiger partial charge in [0.15, 0.2) is 6.61 Å². The molecule has 136 valence electrons. The average molecular weight is 354 g/mol. The Labute approximate surface area is 152 Å². The molecular weight excluding hydrogens is 332 g/mol. The van der Waals surface area contributed by atoms with Crippen molar-refractivity contribution in [3.8, 4) is 0 Å². The summed E-state index contributed by atoms with van der Waals surface area (Å²) in [6.07, 6.45) is 0.929. The number of nitrogens with one attached hydrogen (secondary N) is 2. The van der Waals surface area contributed by atoms with Crippen LogP contribution < -0.4 is 10.9 Å². The van der Waals surface area contributed by atoms with Gasteiger partial charge in [0.1, 0.15) is 0 Å². The first kappa shape index (κ1) is 19.2. The van der Waals surface area contributed by atoms with Gasteiger partial charge < -0.3 is 4.74 Å². The van der Waals surface area contributed by atoms with Gasteiger partial charge in [-0.2, -0.15) is 0 Å². The number of hydrogen-bond acceptors (Lipinski definition) is 4. The Balaban J connectivity index is 1.76. The van der Waals surface area contributed by atoms with Crippen LogP contribution in [0.2, 0.25) is 0 Å². The molecule has 0 saturated heterocycles. The van der Waals surface area contributed by atoms with Crippen molar-refractivity contribution in [2.75, 3.05) is 6.61 Å². The fraction of sp³-hybridized carbons (Fsp3) is 0.250. The van der Waals surface area contributed by atoms with Gasteiger partial charge in [-0.1, -0.05) is 44.2 Å². The largest absolute Gasteiger partial charge is 0.452 e. The summed E-state index contributed by atoms with van der Waals surface area (Å²) in [5.74, 6) is -1.14. The summed E-state index contributed by atoms with van der Waals surface area (Å²) < 4.78 is 4.95. The van der Waals surface area contributed by atoms with Crippen LogP contribution in [-0.4, -0.2) is 24.4 Å². The monoisotopic (exact) mass is 354 g/mol. The summed E-state index contributed by atoms with van der Waals surface area (Å²) in [6.45, 7) is 3.76. The van der Waals surface area contributed by atoms with Crippen molar-refractivity contribution < 1.29 is 19.1 Å². The van der Waals surface area contributed by atoms with Crippen LogP contribution in [-0.2, 0) is 16.0 Å². The molecule has 2 amide bonds. The number of ether oxygens (including phenoxy) is 1. The number of carbonyl (C=O) groups is 3. The summed E-state index contributed by atoms with van der Waals surface area (Å²) in [5, 5.41) is 0. The maximum atomic E-state index is 12.0. The van der Waals surface area contributed by atoms with Gasteiger partial charge in [-0.3, -0.25) is 20.4 Å². The van der Waals surface area contributed by atoms with Gasteiger partial charge in [0.2, 0.25) is 0 Å². The molecule has 0 spiro atoms. The molecule has 0 fully saturated rings. The number of hydrazine groups is 1. The average Bonchev–Trinajstić information content (AvgIpc) is 2.65. The Hall–Kier alpha value is -3.15. The van der Waals surface area contributed by atoms with E-state index in [1.54, 1.807) is 42.5 Å². The molecule has 6 heteroatoms. The second-order valence-corrected chi connectivity index (χ2v) is 6.24. The first-order valence-electron chi connectivity index (χ1n) is 8.36. The highest BCUT2D eigenvalue weighted by Crippen LogP contribution is 2.10. The van der Waals surface area contributed by atoms with E-state index < -0.39 is 24.4 Å². The number of hydrogen-bond donors (Lipinski definition) is 2. The van der Waals surface area contributed by atoms with E-state index in [4.69, 9.17) is 4.74 Å². The highest BCUT2D eigenvalue weighted by molar-refractivity contribution is 5.96. The van der Waals surface area contributed by atoms with E-state index in [0.29, 0.717) is 17.0 Å². The molecule has 2 rings (SSSR count).